The van der Waals surface area contributed by atoms with Gasteiger partial charge in [0.25, 0.3) is 0 Å². The second-order valence-corrected chi connectivity index (χ2v) is 5.90. The molecule has 2 rings (SSSR count). The predicted molar refractivity (Wildman–Crippen MR) is 85.5 cm³/mol. The fourth-order valence-electron chi connectivity index (χ4n) is 2.36. The molecule has 0 bridgehead atoms. The topological polar surface area (TPSA) is 46.3 Å². The van der Waals surface area contributed by atoms with Gasteiger partial charge in [0.1, 0.15) is 0 Å². The average molecular weight is 290 g/mol. The van der Waals surface area contributed by atoms with E-state index in [0.29, 0.717) is 30.4 Å². The first-order valence-electron chi connectivity index (χ1n) is 7.28. The van der Waals surface area contributed by atoms with Gasteiger partial charge in [-0.1, -0.05) is 42.5 Å². The molecule has 1 aliphatic carbocycles. The molecule has 0 unspecified atom stereocenters. The SMILES string of the molecule is NC(=S)CCN(C(=O)CCCc1ccccc1)C1CC1. The average Bonchev–Trinajstić information content (AvgIpc) is 3.24. The van der Waals surface area contributed by atoms with E-state index in [4.69, 9.17) is 18.0 Å². The third-order valence-corrected chi connectivity index (χ3v) is 3.81. The summed E-state index contributed by atoms with van der Waals surface area (Å²) in [6, 6.07) is 10.7. The van der Waals surface area contributed by atoms with Crippen molar-refractivity contribution in [1.29, 1.82) is 0 Å². The van der Waals surface area contributed by atoms with Gasteiger partial charge < -0.3 is 10.6 Å². The summed E-state index contributed by atoms with van der Waals surface area (Å²) in [5, 5.41) is 0. The van der Waals surface area contributed by atoms with Crippen LogP contribution in [0.2, 0.25) is 0 Å². The standard InChI is InChI=1S/C16H22N2OS/c17-15(20)11-12-18(14-9-10-14)16(19)8-4-7-13-5-2-1-3-6-13/h1-3,5-6,14H,4,7-12H2,(H2,17,20). The lowest BCUT2D eigenvalue weighted by molar-refractivity contribution is -0.131. The fraction of sp³-hybridized carbons (Fsp3) is 0.500. The van der Waals surface area contributed by atoms with Crippen molar-refractivity contribution in [2.75, 3.05) is 6.54 Å². The zero-order chi connectivity index (χ0) is 14.4. The Morgan fingerprint density at radius 2 is 1.95 bits per heavy atom. The molecule has 1 saturated carbocycles. The molecule has 108 valence electrons. The van der Waals surface area contributed by atoms with Crippen molar-refractivity contribution in [1.82, 2.24) is 4.90 Å². The van der Waals surface area contributed by atoms with Crippen molar-refractivity contribution >= 4 is 23.1 Å². The maximum Gasteiger partial charge on any atom is 0.222 e. The molecule has 20 heavy (non-hydrogen) atoms. The van der Waals surface area contributed by atoms with Gasteiger partial charge in [-0.15, -0.1) is 0 Å². The second kappa shape index (κ2) is 7.39. The highest BCUT2D eigenvalue weighted by atomic mass is 32.1. The first-order valence-corrected chi connectivity index (χ1v) is 7.69. The quantitative estimate of drug-likeness (QED) is 0.749. The molecule has 1 aromatic carbocycles. The van der Waals surface area contributed by atoms with Gasteiger partial charge in [-0.05, 0) is 31.2 Å². The highest BCUT2D eigenvalue weighted by Crippen LogP contribution is 2.27. The Balaban J connectivity index is 1.75. The van der Waals surface area contributed by atoms with Crippen LogP contribution >= 0.6 is 12.2 Å². The summed E-state index contributed by atoms with van der Waals surface area (Å²) in [4.78, 5) is 14.7. The van der Waals surface area contributed by atoms with Gasteiger partial charge in [0.15, 0.2) is 0 Å². The maximum absolute atomic E-state index is 12.3. The van der Waals surface area contributed by atoms with Crippen molar-refractivity contribution in [3.05, 3.63) is 35.9 Å². The molecule has 0 aromatic heterocycles. The number of carbonyl (C=O) groups excluding carboxylic acids is 1. The van der Waals surface area contributed by atoms with Crippen LogP contribution < -0.4 is 5.73 Å². The lowest BCUT2D eigenvalue weighted by atomic mass is 10.1. The molecule has 1 amide bonds. The summed E-state index contributed by atoms with van der Waals surface area (Å²) in [5.41, 5.74) is 6.82. The van der Waals surface area contributed by atoms with Crippen molar-refractivity contribution in [3.63, 3.8) is 0 Å². The number of amides is 1. The van der Waals surface area contributed by atoms with Crippen LogP contribution in [0.4, 0.5) is 0 Å². The summed E-state index contributed by atoms with van der Waals surface area (Å²) in [6.07, 6.45) is 5.36. The number of aryl methyl sites for hydroxylation is 1. The summed E-state index contributed by atoms with van der Waals surface area (Å²) in [5.74, 6) is 0.250. The predicted octanol–water partition coefficient (Wildman–Crippen LogP) is 2.68. The summed E-state index contributed by atoms with van der Waals surface area (Å²) in [7, 11) is 0. The van der Waals surface area contributed by atoms with Crippen LogP contribution in [0.5, 0.6) is 0 Å². The molecule has 0 radical (unpaired) electrons. The zero-order valence-electron chi connectivity index (χ0n) is 11.8. The highest BCUT2D eigenvalue weighted by molar-refractivity contribution is 7.80. The fourth-order valence-corrected chi connectivity index (χ4v) is 2.45. The molecule has 0 saturated heterocycles. The first-order chi connectivity index (χ1) is 9.66. The summed E-state index contributed by atoms with van der Waals surface area (Å²) < 4.78 is 0. The maximum atomic E-state index is 12.3. The number of hydrogen-bond acceptors (Lipinski definition) is 2. The van der Waals surface area contributed by atoms with E-state index in [1.807, 2.05) is 23.1 Å². The van der Waals surface area contributed by atoms with Crippen LogP contribution in [0.15, 0.2) is 30.3 Å². The van der Waals surface area contributed by atoms with E-state index in [-0.39, 0.29) is 5.91 Å². The minimum atomic E-state index is 0.250. The van der Waals surface area contributed by atoms with Crippen molar-refractivity contribution in [2.24, 2.45) is 5.73 Å². The molecule has 0 heterocycles. The minimum absolute atomic E-state index is 0.250. The van der Waals surface area contributed by atoms with E-state index in [0.717, 1.165) is 25.7 Å². The molecule has 3 nitrogen and oxygen atoms in total. The molecular formula is C16H22N2OS. The third-order valence-electron chi connectivity index (χ3n) is 3.61. The Labute approximate surface area is 126 Å². The number of thiocarbonyl (C=S) groups is 1. The third kappa shape index (κ3) is 4.93. The second-order valence-electron chi connectivity index (χ2n) is 5.37. The van der Waals surface area contributed by atoms with E-state index in [1.165, 1.54) is 5.56 Å². The smallest absolute Gasteiger partial charge is 0.222 e. The molecular weight excluding hydrogens is 268 g/mol. The molecule has 0 aliphatic heterocycles. The molecule has 0 spiro atoms. The normalized spacial score (nSPS) is 14.0. The number of rotatable bonds is 8. The Morgan fingerprint density at radius 1 is 1.25 bits per heavy atom. The zero-order valence-corrected chi connectivity index (χ0v) is 12.6. The molecule has 2 N–H and O–H groups in total. The van der Waals surface area contributed by atoms with Crippen LogP contribution in [-0.2, 0) is 11.2 Å². The van der Waals surface area contributed by atoms with Crippen molar-refractivity contribution < 1.29 is 4.79 Å². The van der Waals surface area contributed by atoms with E-state index < -0.39 is 0 Å². The molecule has 1 aliphatic rings. The van der Waals surface area contributed by atoms with Crippen LogP contribution in [0, 0.1) is 0 Å². The summed E-state index contributed by atoms with van der Waals surface area (Å²) >= 11 is 4.90. The minimum Gasteiger partial charge on any atom is -0.393 e. The van der Waals surface area contributed by atoms with Crippen LogP contribution in [0.25, 0.3) is 0 Å². The van der Waals surface area contributed by atoms with Crippen molar-refractivity contribution in [2.45, 2.75) is 44.6 Å². The number of carbonyl (C=O) groups is 1. The van der Waals surface area contributed by atoms with E-state index in [1.54, 1.807) is 0 Å². The number of hydrogen-bond donors (Lipinski definition) is 1. The van der Waals surface area contributed by atoms with E-state index in [9.17, 15) is 4.79 Å². The van der Waals surface area contributed by atoms with Crippen molar-refractivity contribution in [3.8, 4) is 0 Å². The lowest BCUT2D eigenvalue weighted by Crippen LogP contribution is -2.35. The number of benzene rings is 1. The van der Waals surface area contributed by atoms with Crippen LogP contribution in [0.1, 0.15) is 37.7 Å². The van der Waals surface area contributed by atoms with Gasteiger partial charge in [0.05, 0.1) is 4.99 Å². The van der Waals surface area contributed by atoms with Gasteiger partial charge in [-0.2, -0.15) is 0 Å². The van der Waals surface area contributed by atoms with Gasteiger partial charge in [0, 0.05) is 25.4 Å². The Kier molecular flexibility index (Phi) is 5.53. The monoisotopic (exact) mass is 290 g/mol. The van der Waals surface area contributed by atoms with E-state index >= 15 is 0 Å². The Bertz CT molecular complexity index is 457. The largest absolute Gasteiger partial charge is 0.393 e. The highest BCUT2D eigenvalue weighted by Gasteiger charge is 2.31. The van der Waals surface area contributed by atoms with Crippen LogP contribution in [0.3, 0.4) is 0 Å². The Hall–Kier alpha value is -1.42. The number of nitrogens with two attached hydrogens (primary N) is 1. The molecule has 0 atom stereocenters. The lowest BCUT2D eigenvalue weighted by Gasteiger charge is -2.22. The molecule has 4 heteroatoms. The van der Waals surface area contributed by atoms with Gasteiger partial charge in [-0.25, -0.2) is 0 Å². The van der Waals surface area contributed by atoms with Gasteiger partial charge in [-0.3, -0.25) is 4.79 Å². The number of nitrogens with zero attached hydrogens (tertiary/aromatic N) is 1. The Morgan fingerprint density at radius 3 is 2.55 bits per heavy atom. The van der Waals surface area contributed by atoms with Gasteiger partial charge >= 0.3 is 0 Å². The first kappa shape index (κ1) is 15.0. The summed E-state index contributed by atoms with van der Waals surface area (Å²) in [6.45, 7) is 0.685. The van der Waals surface area contributed by atoms with Crippen LogP contribution in [-0.4, -0.2) is 28.4 Å². The molecule has 1 fully saturated rings. The van der Waals surface area contributed by atoms with Gasteiger partial charge in [0.2, 0.25) is 5.91 Å². The van der Waals surface area contributed by atoms with E-state index in [2.05, 4.69) is 12.1 Å². The molecule has 1 aromatic rings.